The minimum atomic E-state index is -3.57. The third-order valence-corrected chi connectivity index (χ3v) is 9.89. The SMILES string of the molecule is CCCOc1ccc(-c2ccc3c(c2)C=C(C(=O)Nc2ccc(CN(C)C4CCOCC4)cc2)CCS3(=O)=O)cc1OCC. The van der Waals surface area contributed by atoms with Crippen molar-refractivity contribution in [3.63, 3.8) is 0 Å². The maximum absolute atomic E-state index is 13.4. The van der Waals surface area contributed by atoms with Gasteiger partial charge in [0.05, 0.1) is 23.9 Å². The molecule has 0 bridgehead atoms. The summed E-state index contributed by atoms with van der Waals surface area (Å²) in [5.41, 5.74) is 4.44. The quantitative estimate of drug-likeness (QED) is 0.268. The van der Waals surface area contributed by atoms with Gasteiger partial charge in [0, 0.05) is 37.1 Å². The van der Waals surface area contributed by atoms with E-state index < -0.39 is 9.84 Å². The lowest BCUT2D eigenvalue weighted by atomic mass is 10.0. The third-order valence-electron chi connectivity index (χ3n) is 8.10. The van der Waals surface area contributed by atoms with Gasteiger partial charge in [-0.2, -0.15) is 0 Å². The molecule has 2 aliphatic rings. The van der Waals surface area contributed by atoms with E-state index in [1.165, 1.54) is 0 Å². The van der Waals surface area contributed by atoms with E-state index in [9.17, 15) is 13.2 Å². The lowest BCUT2D eigenvalue weighted by Crippen LogP contribution is -2.36. The van der Waals surface area contributed by atoms with Gasteiger partial charge in [0.1, 0.15) is 0 Å². The van der Waals surface area contributed by atoms with Crippen molar-refractivity contribution >= 4 is 27.5 Å². The highest BCUT2D eigenvalue weighted by molar-refractivity contribution is 7.91. The van der Waals surface area contributed by atoms with Crippen molar-refractivity contribution in [1.29, 1.82) is 0 Å². The second-order valence-electron chi connectivity index (χ2n) is 11.3. The van der Waals surface area contributed by atoms with Crippen molar-refractivity contribution in [3.05, 3.63) is 77.4 Å². The topological polar surface area (TPSA) is 94.2 Å². The molecular weight excluding hydrogens is 576 g/mol. The fraction of sp³-hybridized carbons (Fsp3) is 0.400. The summed E-state index contributed by atoms with van der Waals surface area (Å²) in [5.74, 6) is 0.876. The predicted molar refractivity (Wildman–Crippen MR) is 174 cm³/mol. The summed E-state index contributed by atoms with van der Waals surface area (Å²) in [6.45, 7) is 7.48. The first-order valence-electron chi connectivity index (χ1n) is 15.4. The number of rotatable bonds is 11. The molecule has 9 heteroatoms. The smallest absolute Gasteiger partial charge is 0.251 e. The standard InChI is InChI=1S/C35H42N2O6S/c1-4-17-43-32-12-8-27(23-33(32)42-5-2)26-9-13-34-29(21-26)22-28(16-20-44(34,39)40)35(38)36-30-10-6-25(7-11-30)24-37(3)31-14-18-41-19-15-31/h6-13,21-23,31H,4-5,14-20,24H2,1-3H3,(H,36,38). The van der Waals surface area contributed by atoms with E-state index >= 15 is 0 Å². The molecule has 8 nitrogen and oxygen atoms in total. The van der Waals surface area contributed by atoms with Crippen LogP contribution in [0.2, 0.25) is 0 Å². The van der Waals surface area contributed by atoms with Crippen LogP contribution in [0.1, 0.15) is 50.7 Å². The van der Waals surface area contributed by atoms with Crippen LogP contribution in [-0.2, 0) is 25.9 Å². The molecule has 2 aliphatic heterocycles. The Kier molecular flexibility index (Phi) is 10.4. The van der Waals surface area contributed by atoms with Gasteiger partial charge in [-0.05, 0) is 104 Å². The van der Waals surface area contributed by atoms with Crippen molar-refractivity contribution < 1.29 is 27.4 Å². The van der Waals surface area contributed by atoms with E-state index in [0.717, 1.165) is 55.7 Å². The lowest BCUT2D eigenvalue weighted by molar-refractivity contribution is -0.112. The van der Waals surface area contributed by atoms with Crippen LogP contribution >= 0.6 is 0 Å². The van der Waals surface area contributed by atoms with Gasteiger partial charge in [-0.25, -0.2) is 8.42 Å². The number of benzene rings is 3. The number of nitrogens with one attached hydrogen (secondary N) is 1. The van der Waals surface area contributed by atoms with E-state index in [2.05, 4.69) is 17.3 Å². The Labute approximate surface area is 260 Å². The molecule has 1 saturated heterocycles. The van der Waals surface area contributed by atoms with Gasteiger partial charge in [0.25, 0.3) is 5.91 Å². The van der Waals surface area contributed by atoms with Gasteiger partial charge in [-0.15, -0.1) is 0 Å². The number of fused-ring (bicyclic) bond motifs is 1. The molecule has 5 rings (SSSR count). The van der Waals surface area contributed by atoms with Gasteiger partial charge < -0.3 is 19.5 Å². The molecule has 234 valence electrons. The van der Waals surface area contributed by atoms with E-state index in [1.54, 1.807) is 18.2 Å². The van der Waals surface area contributed by atoms with Crippen molar-refractivity contribution in [3.8, 4) is 22.6 Å². The van der Waals surface area contributed by atoms with Crippen LogP contribution in [0.25, 0.3) is 17.2 Å². The second-order valence-corrected chi connectivity index (χ2v) is 13.4. The molecule has 0 aliphatic carbocycles. The maximum Gasteiger partial charge on any atom is 0.251 e. The van der Waals surface area contributed by atoms with Crippen molar-refractivity contribution in [2.75, 3.05) is 44.5 Å². The van der Waals surface area contributed by atoms with Crippen molar-refractivity contribution in [2.24, 2.45) is 0 Å². The zero-order chi connectivity index (χ0) is 31.1. The zero-order valence-electron chi connectivity index (χ0n) is 25.8. The largest absolute Gasteiger partial charge is 0.490 e. The van der Waals surface area contributed by atoms with Crippen LogP contribution in [-0.4, -0.2) is 64.5 Å². The minimum absolute atomic E-state index is 0.129. The molecule has 3 aromatic carbocycles. The Morgan fingerprint density at radius 2 is 1.68 bits per heavy atom. The van der Waals surface area contributed by atoms with Crippen LogP contribution in [0.15, 0.2) is 71.1 Å². The number of carbonyl (C=O) groups is 1. The average molecular weight is 619 g/mol. The minimum Gasteiger partial charge on any atom is -0.490 e. The number of carbonyl (C=O) groups excluding carboxylic acids is 1. The van der Waals surface area contributed by atoms with E-state index in [-0.39, 0.29) is 23.0 Å². The maximum atomic E-state index is 13.4. The monoisotopic (exact) mass is 618 g/mol. The van der Waals surface area contributed by atoms with Crippen LogP contribution in [0.4, 0.5) is 5.69 Å². The fourth-order valence-electron chi connectivity index (χ4n) is 5.65. The molecule has 1 N–H and O–H groups in total. The number of hydrogen-bond acceptors (Lipinski definition) is 7. The Bertz CT molecular complexity index is 1590. The Balaban J connectivity index is 1.34. The summed E-state index contributed by atoms with van der Waals surface area (Å²) < 4.78 is 43.5. The number of anilines is 1. The summed E-state index contributed by atoms with van der Waals surface area (Å²) >= 11 is 0. The summed E-state index contributed by atoms with van der Waals surface area (Å²) in [7, 11) is -1.43. The molecule has 44 heavy (non-hydrogen) atoms. The van der Waals surface area contributed by atoms with Gasteiger partial charge in [0.15, 0.2) is 21.3 Å². The fourth-order valence-corrected chi connectivity index (χ4v) is 7.11. The molecule has 1 fully saturated rings. The molecule has 2 heterocycles. The highest BCUT2D eigenvalue weighted by Crippen LogP contribution is 2.36. The first kappa shape index (κ1) is 31.8. The summed E-state index contributed by atoms with van der Waals surface area (Å²) in [5, 5.41) is 2.97. The summed E-state index contributed by atoms with van der Waals surface area (Å²) in [4.78, 5) is 16.0. The van der Waals surface area contributed by atoms with Crippen molar-refractivity contribution in [2.45, 2.75) is 57.0 Å². The van der Waals surface area contributed by atoms with Gasteiger partial charge >= 0.3 is 0 Å². The second kappa shape index (κ2) is 14.4. The molecule has 0 saturated carbocycles. The zero-order valence-corrected chi connectivity index (χ0v) is 26.6. The number of hydrogen-bond donors (Lipinski definition) is 1. The van der Waals surface area contributed by atoms with Crippen molar-refractivity contribution in [1.82, 2.24) is 4.90 Å². The number of ether oxygens (including phenoxy) is 3. The first-order valence-corrected chi connectivity index (χ1v) is 17.1. The van der Waals surface area contributed by atoms with E-state index in [4.69, 9.17) is 14.2 Å². The predicted octanol–water partition coefficient (Wildman–Crippen LogP) is 6.35. The van der Waals surface area contributed by atoms with Crippen LogP contribution in [0.5, 0.6) is 11.5 Å². The Morgan fingerprint density at radius 3 is 2.41 bits per heavy atom. The molecule has 0 spiro atoms. The highest BCUT2D eigenvalue weighted by atomic mass is 32.2. The summed E-state index contributed by atoms with van der Waals surface area (Å²) in [6.07, 6.45) is 4.79. The molecular formula is C35H42N2O6S. The van der Waals surface area contributed by atoms with Gasteiger partial charge in [0.2, 0.25) is 0 Å². The van der Waals surface area contributed by atoms with E-state index in [1.807, 2.05) is 62.4 Å². The Hall–Kier alpha value is -3.66. The van der Waals surface area contributed by atoms with Crippen LogP contribution < -0.4 is 14.8 Å². The molecule has 0 atom stereocenters. The molecule has 0 radical (unpaired) electrons. The van der Waals surface area contributed by atoms with Crippen LogP contribution in [0.3, 0.4) is 0 Å². The molecule has 3 aromatic rings. The van der Waals surface area contributed by atoms with E-state index in [0.29, 0.717) is 47.6 Å². The third kappa shape index (κ3) is 7.70. The molecule has 0 unspecified atom stereocenters. The lowest BCUT2D eigenvalue weighted by Gasteiger charge is -2.31. The summed E-state index contributed by atoms with van der Waals surface area (Å²) in [6, 6.07) is 19.3. The normalized spacial score (nSPS) is 16.5. The van der Waals surface area contributed by atoms with Gasteiger partial charge in [-0.1, -0.05) is 31.2 Å². The molecule has 0 aromatic heterocycles. The van der Waals surface area contributed by atoms with Gasteiger partial charge in [-0.3, -0.25) is 9.69 Å². The average Bonchev–Trinajstić information content (AvgIpc) is 3.17. The molecule has 1 amide bonds. The Morgan fingerprint density at radius 1 is 0.955 bits per heavy atom. The number of sulfone groups is 1. The van der Waals surface area contributed by atoms with Crippen LogP contribution in [0, 0.1) is 0 Å². The highest BCUT2D eigenvalue weighted by Gasteiger charge is 2.25. The first-order chi connectivity index (χ1) is 21.3. The number of nitrogens with zero attached hydrogens (tertiary/aromatic N) is 1. The number of amides is 1.